The molecule has 0 radical (unpaired) electrons. The fourth-order valence-electron chi connectivity index (χ4n) is 3.30. The zero-order chi connectivity index (χ0) is 20.1. The van der Waals surface area contributed by atoms with Crippen LogP contribution in [0.25, 0.3) is 11.4 Å². The van der Waals surface area contributed by atoms with E-state index in [1.807, 2.05) is 42.5 Å². The van der Waals surface area contributed by atoms with Gasteiger partial charge < -0.3 is 16.0 Å². The number of rotatable bonds is 6. The topological polar surface area (TPSA) is 116 Å². The summed E-state index contributed by atoms with van der Waals surface area (Å²) in [5.41, 5.74) is 7.16. The first-order valence-corrected chi connectivity index (χ1v) is 9.61. The molecule has 9 nitrogen and oxygen atoms in total. The van der Waals surface area contributed by atoms with Crippen LogP contribution < -0.4 is 16.0 Å². The third-order valence-corrected chi connectivity index (χ3v) is 4.86. The summed E-state index contributed by atoms with van der Waals surface area (Å²) in [7, 11) is 0. The molecule has 4 rings (SSSR count). The molecule has 1 amide bonds. The molecule has 3 heterocycles. The van der Waals surface area contributed by atoms with Crippen LogP contribution in [-0.4, -0.2) is 63.7 Å². The van der Waals surface area contributed by atoms with Gasteiger partial charge >= 0.3 is 0 Å². The molecule has 0 saturated carbocycles. The number of benzene rings is 1. The van der Waals surface area contributed by atoms with E-state index >= 15 is 0 Å². The Labute approximate surface area is 169 Å². The monoisotopic (exact) mass is 392 g/mol. The fraction of sp³-hybridized carbons (Fsp3) is 0.300. The molecule has 0 atom stereocenters. The smallest absolute Gasteiger partial charge is 0.238 e. The molecule has 150 valence electrons. The average molecular weight is 392 g/mol. The number of carbonyl (C=O) groups is 1. The van der Waals surface area contributed by atoms with Crippen molar-refractivity contribution in [3.05, 3.63) is 54.5 Å². The molecule has 0 aliphatic carbocycles. The quantitative estimate of drug-likeness (QED) is 0.575. The number of H-pyrrole nitrogens is 1. The standard InChI is InChI=1S/C20H24N8O/c21-13-17-24-20(26-25-17)15-4-6-16(7-5-15)23-19(29)14-27-9-11-28(12-10-27)18-3-1-2-8-22-18/h1-8H,9-14,21H2,(H,23,29)(H,24,25,26). The second-order valence-electron chi connectivity index (χ2n) is 6.89. The van der Waals surface area contributed by atoms with Gasteiger partial charge in [-0.2, -0.15) is 5.10 Å². The summed E-state index contributed by atoms with van der Waals surface area (Å²) in [6.45, 7) is 4.07. The second-order valence-corrected chi connectivity index (χ2v) is 6.89. The van der Waals surface area contributed by atoms with Gasteiger partial charge in [-0.3, -0.25) is 14.8 Å². The van der Waals surface area contributed by atoms with E-state index in [2.05, 4.69) is 35.3 Å². The summed E-state index contributed by atoms with van der Waals surface area (Å²) in [5.74, 6) is 2.20. The minimum absolute atomic E-state index is 0.0210. The lowest BCUT2D eigenvalue weighted by Crippen LogP contribution is -2.48. The highest BCUT2D eigenvalue weighted by Crippen LogP contribution is 2.18. The van der Waals surface area contributed by atoms with Crippen molar-refractivity contribution in [3.63, 3.8) is 0 Å². The lowest BCUT2D eigenvalue weighted by molar-refractivity contribution is -0.117. The Balaban J connectivity index is 1.27. The van der Waals surface area contributed by atoms with E-state index < -0.39 is 0 Å². The number of nitrogens with two attached hydrogens (primary N) is 1. The predicted molar refractivity (Wildman–Crippen MR) is 111 cm³/mol. The maximum Gasteiger partial charge on any atom is 0.238 e. The van der Waals surface area contributed by atoms with Gasteiger partial charge in [-0.25, -0.2) is 9.97 Å². The number of nitrogens with one attached hydrogen (secondary N) is 2. The van der Waals surface area contributed by atoms with Crippen molar-refractivity contribution in [3.8, 4) is 11.4 Å². The fourth-order valence-corrected chi connectivity index (χ4v) is 3.30. The first kappa shape index (κ1) is 19.0. The zero-order valence-electron chi connectivity index (χ0n) is 16.1. The number of nitrogens with zero attached hydrogens (tertiary/aromatic N) is 5. The van der Waals surface area contributed by atoms with Crippen molar-refractivity contribution >= 4 is 17.4 Å². The highest BCUT2D eigenvalue weighted by Gasteiger charge is 2.19. The SMILES string of the molecule is NCc1nc(-c2ccc(NC(=O)CN3CCN(c4ccccn4)CC3)cc2)n[nH]1. The van der Waals surface area contributed by atoms with Gasteiger partial charge in [0.15, 0.2) is 5.82 Å². The van der Waals surface area contributed by atoms with Crippen LogP contribution >= 0.6 is 0 Å². The van der Waals surface area contributed by atoms with E-state index in [1.54, 1.807) is 6.20 Å². The van der Waals surface area contributed by atoms with Crippen molar-refractivity contribution in [2.24, 2.45) is 5.73 Å². The molecular formula is C20H24N8O. The molecule has 2 aromatic heterocycles. The molecule has 0 spiro atoms. The highest BCUT2D eigenvalue weighted by molar-refractivity contribution is 5.92. The third-order valence-electron chi connectivity index (χ3n) is 4.86. The van der Waals surface area contributed by atoms with E-state index in [9.17, 15) is 4.79 Å². The summed E-state index contributed by atoms with van der Waals surface area (Å²) in [6, 6.07) is 13.4. The number of piperazine rings is 1. The van der Waals surface area contributed by atoms with Gasteiger partial charge in [-0.05, 0) is 36.4 Å². The average Bonchev–Trinajstić information content (AvgIpc) is 3.25. The lowest BCUT2D eigenvalue weighted by Gasteiger charge is -2.34. The van der Waals surface area contributed by atoms with Gasteiger partial charge in [0, 0.05) is 43.6 Å². The van der Waals surface area contributed by atoms with Gasteiger partial charge in [-0.1, -0.05) is 6.07 Å². The van der Waals surface area contributed by atoms with Gasteiger partial charge in [0.25, 0.3) is 0 Å². The van der Waals surface area contributed by atoms with E-state index in [1.165, 1.54) is 0 Å². The Kier molecular flexibility index (Phi) is 5.78. The van der Waals surface area contributed by atoms with Crippen molar-refractivity contribution in [2.45, 2.75) is 6.54 Å². The number of amides is 1. The number of aromatic nitrogens is 4. The summed E-state index contributed by atoms with van der Waals surface area (Å²) in [4.78, 5) is 25.5. The molecule has 9 heteroatoms. The van der Waals surface area contributed by atoms with Crippen molar-refractivity contribution in [1.29, 1.82) is 0 Å². The Morgan fingerprint density at radius 1 is 1.10 bits per heavy atom. The van der Waals surface area contributed by atoms with Crippen LogP contribution in [0.5, 0.6) is 0 Å². The first-order chi connectivity index (χ1) is 14.2. The van der Waals surface area contributed by atoms with Crippen LogP contribution in [-0.2, 0) is 11.3 Å². The molecule has 1 aliphatic rings. The zero-order valence-corrected chi connectivity index (χ0v) is 16.1. The maximum atomic E-state index is 12.4. The van der Waals surface area contributed by atoms with E-state index in [0.29, 0.717) is 24.7 Å². The molecule has 4 N–H and O–H groups in total. The molecule has 0 bridgehead atoms. The largest absolute Gasteiger partial charge is 0.354 e. The molecule has 0 unspecified atom stereocenters. The predicted octanol–water partition coefficient (Wildman–Crippen LogP) is 1.09. The number of carbonyl (C=O) groups excluding carboxylic acids is 1. The van der Waals surface area contributed by atoms with Crippen molar-refractivity contribution in [2.75, 3.05) is 42.9 Å². The Morgan fingerprint density at radius 2 is 1.90 bits per heavy atom. The summed E-state index contributed by atoms with van der Waals surface area (Å²) in [5, 5.41) is 9.88. The number of anilines is 2. The minimum Gasteiger partial charge on any atom is -0.354 e. The van der Waals surface area contributed by atoms with Crippen LogP contribution in [0.1, 0.15) is 5.82 Å². The van der Waals surface area contributed by atoms with Crippen LogP contribution in [0.15, 0.2) is 48.7 Å². The van der Waals surface area contributed by atoms with Crippen molar-refractivity contribution < 1.29 is 4.79 Å². The second kappa shape index (κ2) is 8.80. The molecular weight excluding hydrogens is 368 g/mol. The highest BCUT2D eigenvalue weighted by atomic mass is 16.2. The Hall–Kier alpha value is -3.30. The maximum absolute atomic E-state index is 12.4. The molecule has 1 aromatic carbocycles. The minimum atomic E-state index is -0.0210. The normalized spacial score (nSPS) is 14.7. The van der Waals surface area contributed by atoms with Crippen molar-refractivity contribution in [1.82, 2.24) is 25.1 Å². The molecule has 1 fully saturated rings. The van der Waals surface area contributed by atoms with Crippen LogP contribution in [0.3, 0.4) is 0 Å². The summed E-state index contributed by atoms with van der Waals surface area (Å²) >= 11 is 0. The molecule has 1 saturated heterocycles. The summed E-state index contributed by atoms with van der Waals surface area (Å²) < 4.78 is 0. The van der Waals surface area contributed by atoms with E-state index in [4.69, 9.17) is 5.73 Å². The van der Waals surface area contributed by atoms with Crippen LogP contribution in [0, 0.1) is 0 Å². The molecule has 1 aliphatic heterocycles. The van der Waals surface area contributed by atoms with Crippen LogP contribution in [0.4, 0.5) is 11.5 Å². The number of hydrogen-bond acceptors (Lipinski definition) is 7. The lowest BCUT2D eigenvalue weighted by atomic mass is 10.2. The van der Waals surface area contributed by atoms with Gasteiger partial charge in [0.2, 0.25) is 5.91 Å². The van der Waals surface area contributed by atoms with E-state index in [-0.39, 0.29) is 5.91 Å². The number of aromatic amines is 1. The molecule has 29 heavy (non-hydrogen) atoms. The molecule has 3 aromatic rings. The summed E-state index contributed by atoms with van der Waals surface area (Å²) in [6.07, 6.45) is 1.81. The third kappa shape index (κ3) is 4.76. The van der Waals surface area contributed by atoms with Gasteiger partial charge in [0.05, 0.1) is 13.1 Å². The van der Waals surface area contributed by atoms with Gasteiger partial charge in [-0.15, -0.1) is 0 Å². The Bertz CT molecular complexity index is 933. The van der Waals surface area contributed by atoms with Crippen LogP contribution in [0.2, 0.25) is 0 Å². The van der Waals surface area contributed by atoms with Gasteiger partial charge in [0.1, 0.15) is 11.6 Å². The first-order valence-electron chi connectivity index (χ1n) is 9.61. The number of pyridine rings is 1. The van der Waals surface area contributed by atoms with E-state index in [0.717, 1.165) is 43.2 Å². The Morgan fingerprint density at radius 3 is 2.55 bits per heavy atom. The number of hydrogen-bond donors (Lipinski definition) is 3.